The van der Waals surface area contributed by atoms with Crippen LogP contribution in [0.1, 0.15) is 9.67 Å². The van der Waals surface area contributed by atoms with Gasteiger partial charge in [-0.15, -0.1) is 11.3 Å². The van der Waals surface area contributed by atoms with Crippen molar-refractivity contribution in [2.24, 2.45) is 0 Å². The van der Waals surface area contributed by atoms with Gasteiger partial charge in [0, 0.05) is 21.8 Å². The molecule has 26 heavy (non-hydrogen) atoms. The number of esters is 1. The second kappa shape index (κ2) is 7.53. The highest BCUT2D eigenvalue weighted by Crippen LogP contribution is 2.37. The molecule has 2 aromatic carbocycles. The molecule has 0 bridgehead atoms. The lowest BCUT2D eigenvalue weighted by Crippen LogP contribution is -2.19. The third-order valence-corrected chi connectivity index (χ3v) is 5.28. The molecule has 0 fully saturated rings. The minimum atomic E-state index is -0.626. The Morgan fingerprint density at radius 3 is 2.69 bits per heavy atom. The number of thiophene rings is 1. The fraction of sp³-hybridized carbons (Fsp3) is 0.0588. The van der Waals surface area contributed by atoms with Gasteiger partial charge in [-0.3, -0.25) is 0 Å². The summed E-state index contributed by atoms with van der Waals surface area (Å²) >= 11 is 12.5. The van der Waals surface area contributed by atoms with Crippen LogP contribution in [0.5, 0.6) is 0 Å². The Bertz CT molecular complexity index is 1020. The number of halogens is 3. The third kappa shape index (κ3) is 3.77. The number of hydrogen-bond acceptors (Lipinski definition) is 4. The number of anilines is 2. The first-order valence-electron chi connectivity index (χ1n) is 7.22. The molecule has 0 unspecified atom stereocenters. The van der Waals surface area contributed by atoms with E-state index in [1.165, 1.54) is 18.4 Å². The predicted molar refractivity (Wildman–Crippen MR) is 104 cm³/mol. The van der Waals surface area contributed by atoms with Crippen LogP contribution in [0.15, 0.2) is 36.4 Å². The molecule has 3 aromatic rings. The summed E-state index contributed by atoms with van der Waals surface area (Å²) in [5, 5.41) is 6.60. The smallest absolute Gasteiger partial charge is 0.349 e. The lowest BCUT2D eigenvalue weighted by Gasteiger charge is -2.11. The normalized spacial score (nSPS) is 10.6. The van der Waals surface area contributed by atoms with E-state index in [9.17, 15) is 13.6 Å². The molecule has 0 atom stereocenters. The summed E-state index contributed by atoms with van der Waals surface area (Å²) < 4.78 is 32.3. The minimum absolute atomic E-state index is 0.0734. The zero-order valence-corrected chi connectivity index (χ0v) is 15.6. The van der Waals surface area contributed by atoms with Crippen LogP contribution in [0, 0.1) is 11.6 Å². The van der Waals surface area contributed by atoms with E-state index in [4.69, 9.17) is 28.6 Å². The number of hydrogen-bond donors (Lipinski definition) is 2. The molecule has 4 nitrogen and oxygen atoms in total. The van der Waals surface area contributed by atoms with Gasteiger partial charge in [0.25, 0.3) is 0 Å². The Kier molecular flexibility index (Phi) is 5.36. The predicted octanol–water partition coefficient (Wildman–Crippen LogP) is 5.43. The lowest BCUT2D eigenvalue weighted by molar-refractivity contribution is 0.0606. The summed E-state index contributed by atoms with van der Waals surface area (Å²) in [4.78, 5) is 12.0. The zero-order valence-electron chi connectivity index (χ0n) is 13.2. The first-order valence-corrected chi connectivity index (χ1v) is 8.82. The molecular weight excluding hydrogens is 402 g/mol. The van der Waals surface area contributed by atoms with Crippen LogP contribution in [0.25, 0.3) is 10.1 Å². The van der Waals surface area contributed by atoms with Gasteiger partial charge >= 0.3 is 5.97 Å². The summed E-state index contributed by atoms with van der Waals surface area (Å²) in [7, 11) is 1.28. The van der Waals surface area contributed by atoms with Crippen molar-refractivity contribution < 1.29 is 18.3 Å². The lowest BCUT2D eigenvalue weighted by atomic mass is 10.2. The number of nitrogens with one attached hydrogen (secondary N) is 2. The average Bonchev–Trinajstić information content (AvgIpc) is 2.93. The van der Waals surface area contributed by atoms with Gasteiger partial charge in [-0.05, 0) is 42.5 Å². The van der Waals surface area contributed by atoms with E-state index in [0.29, 0.717) is 21.0 Å². The van der Waals surface area contributed by atoms with Gasteiger partial charge in [0.2, 0.25) is 0 Å². The summed E-state index contributed by atoms with van der Waals surface area (Å²) in [5.41, 5.74) is 0.525. The Hall–Kier alpha value is -2.29. The van der Waals surface area contributed by atoms with E-state index in [2.05, 4.69) is 10.6 Å². The number of methoxy groups -OCH3 is 1. The molecule has 0 radical (unpaired) electrons. The second-order valence-electron chi connectivity index (χ2n) is 5.15. The Labute approximate surface area is 161 Å². The standard InChI is InChI=1S/C17H11ClF2N2O2S2/c1-24-16(23)15-14(18)10-4-3-9(7-13(10)26-15)21-17(25)22-12-6-8(19)2-5-11(12)20/h2-7H,1H3,(H2,21,22,25). The zero-order chi connectivity index (χ0) is 18.8. The van der Waals surface area contributed by atoms with Crippen molar-refractivity contribution in [3.05, 3.63) is 57.9 Å². The number of benzene rings is 2. The molecule has 9 heteroatoms. The summed E-state index contributed by atoms with van der Waals surface area (Å²) in [5.74, 6) is -1.72. The first-order chi connectivity index (χ1) is 12.4. The van der Waals surface area contributed by atoms with E-state index in [1.54, 1.807) is 18.2 Å². The second-order valence-corrected chi connectivity index (χ2v) is 6.99. The van der Waals surface area contributed by atoms with E-state index in [1.807, 2.05) is 0 Å². The molecule has 3 rings (SSSR count). The maximum atomic E-state index is 13.7. The van der Waals surface area contributed by atoms with Gasteiger partial charge in [-0.2, -0.15) is 0 Å². The van der Waals surface area contributed by atoms with E-state index in [-0.39, 0.29) is 10.8 Å². The number of rotatable bonds is 3. The van der Waals surface area contributed by atoms with Gasteiger partial charge in [0.15, 0.2) is 5.11 Å². The van der Waals surface area contributed by atoms with Crippen LogP contribution >= 0.6 is 35.2 Å². The highest BCUT2D eigenvalue weighted by molar-refractivity contribution is 7.80. The molecule has 134 valence electrons. The van der Waals surface area contributed by atoms with E-state index in [0.717, 1.165) is 22.9 Å². The molecule has 1 aromatic heterocycles. The monoisotopic (exact) mass is 412 g/mol. The largest absolute Gasteiger partial charge is 0.465 e. The van der Waals surface area contributed by atoms with Crippen molar-refractivity contribution >= 4 is 67.7 Å². The molecule has 0 amide bonds. The van der Waals surface area contributed by atoms with E-state index >= 15 is 0 Å². The quantitative estimate of drug-likeness (QED) is 0.444. The Morgan fingerprint density at radius 2 is 1.96 bits per heavy atom. The van der Waals surface area contributed by atoms with Crippen molar-refractivity contribution in [1.82, 2.24) is 0 Å². The topological polar surface area (TPSA) is 50.4 Å². The van der Waals surface area contributed by atoms with Crippen molar-refractivity contribution in [2.45, 2.75) is 0 Å². The molecule has 2 N–H and O–H groups in total. The molecule has 0 aliphatic carbocycles. The summed E-state index contributed by atoms with van der Waals surface area (Å²) in [6.45, 7) is 0. The molecule has 0 saturated carbocycles. The number of carbonyl (C=O) groups excluding carboxylic acids is 1. The molecule has 1 heterocycles. The van der Waals surface area contributed by atoms with Crippen LogP contribution in [0.3, 0.4) is 0 Å². The van der Waals surface area contributed by atoms with Gasteiger partial charge in [-0.25, -0.2) is 13.6 Å². The van der Waals surface area contributed by atoms with Crippen LogP contribution in [0.2, 0.25) is 5.02 Å². The van der Waals surface area contributed by atoms with Gasteiger partial charge in [0.1, 0.15) is 16.5 Å². The SMILES string of the molecule is COC(=O)c1sc2cc(NC(=S)Nc3cc(F)ccc3F)ccc2c1Cl. The van der Waals surface area contributed by atoms with E-state index < -0.39 is 17.6 Å². The highest BCUT2D eigenvalue weighted by atomic mass is 35.5. The van der Waals surface area contributed by atoms with Crippen molar-refractivity contribution in [3.63, 3.8) is 0 Å². The fourth-order valence-corrected chi connectivity index (χ4v) is 3.94. The summed E-state index contributed by atoms with van der Waals surface area (Å²) in [6.07, 6.45) is 0. The van der Waals surface area contributed by atoms with Crippen molar-refractivity contribution in [2.75, 3.05) is 17.7 Å². The molecule has 0 aliphatic rings. The van der Waals surface area contributed by atoms with Crippen molar-refractivity contribution in [1.29, 1.82) is 0 Å². The van der Waals surface area contributed by atoms with Gasteiger partial charge < -0.3 is 15.4 Å². The van der Waals surface area contributed by atoms with Gasteiger partial charge in [-0.1, -0.05) is 11.6 Å². The van der Waals surface area contributed by atoms with Crippen LogP contribution in [-0.4, -0.2) is 18.2 Å². The van der Waals surface area contributed by atoms with Crippen LogP contribution < -0.4 is 10.6 Å². The number of fused-ring (bicyclic) bond motifs is 1. The van der Waals surface area contributed by atoms with Crippen LogP contribution in [0.4, 0.5) is 20.2 Å². The molecule has 0 saturated heterocycles. The molecule has 0 spiro atoms. The maximum absolute atomic E-state index is 13.7. The van der Waals surface area contributed by atoms with Gasteiger partial charge in [0.05, 0.1) is 17.8 Å². The molecular formula is C17H11ClF2N2O2S2. The average molecular weight is 413 g/mol. The van der Waals surface area contributed by atoms with Crippen molar-refractivity contribution in [3.8, 4) is 0 Å². The minimum Gasteiger partial charge on any atom is -0.465 e. The fourth-order valence-electron chi connectivity index (χ4n) is 2.24. The maximum Gasteiger partial charge on any atom is 0.349 e. The summed E-state index contributed by atoms with van der Waals surface area (Å²) in [6, 6.07) is 8.22. The Morgan fingerprint density at radius 1 is 1.19 bits per heavy atom. The Balaban J connectivity index is 1.81. The highest BCUT2D eigenvalue weighted by Gasteiger charge is 2.18. The van der Waals surface area contributed by atoms with Crippen LogP contribution in [-0.2, 0) is 4.74 Å². The number of thiocarbonyl (C=S) groups is 1. The number of carbonyl (C=O) groups is 1. The molecule has 0 aliphatic heterocycles. The third-order valence-electron chi connectivity index (χ3n) is 3.43. The number of ether oxygens (including phenoxy) is 1. The first kappa shape index (κ1) is 18.5.